The molecule has 0 saturated heterocycles. The highest BCUT2D eigenvalue weighted by Gasteiger charge is 1.83. The van der Waals surface area contributed by atoms with Crippen molar-refractivity contribution in [2.24, 2.45) is 0 Å². The molecule has 1 aromatic rings. The van der Waals surface area contributed by atoms with Crippen LogP contribution in [0.4, 0.5) is 0 Å². The molecule has 0 atom stereocenters. The quantitative estimate of drug-likeness (QED) is 0.476. The number of aryl methyl sites for hydroxylation is 1. The van der Waals surface area contributed by atoms with Crippen molar-refractivity contribution in [3.05, 3.63) is 24.8 Å². The average molecular weight is 109 g/mol. The van der Waals surface area contributed by atoms with Crippen LogP contribution in [0.5, 0.6) is 0 Å². The van der Waals surface area contributed by atoms with E-state index in [1.165, 1.54) is 0 Å². The van der Waals surface area contributed by atoms with Gasteiger partial charge in [0.2, 0.25) is 5.82 Å². The van der Waals surface area contributed by atoms with Crippen molar-refractivity contribution in [2.45, 2.75) is 6.92 Å². The summed E-state index contributed by atoms with van der Waals surface area (Å²) in [6.45, 7) is 6.72. The van der Waals surface area contributed by atoms with Gasteiger partial charge in [0.15, 0.2) is 0 Å². The predicted octanol–water partition coefficient (Wildman–Crippen LogP) is 0.234. The lowest BCUT2D eigenvalue weighted by Gasteiger charge is -1.59. The van der Waals surface area contributed by atoms with E-state index < -0.39 is 0 Å². The van der Waals surface area contributed by atoms with Crippen LogP contribution in [0.2, 0.25) is 0 Å². The van der Waals surface area contributed by atoms with Crippen LogP contribution in [0, 0.1) is 18.8 Å². The van der Waals surface area contributed by atoms with E-state index in [9.17, 15) is 0 Å². The summed E-state index contributed by atoms with van der Waals surface area (Å²) in [4.78, 5) is 5.89. The molecular formula is C5H7N3. The molecule has 3 nitrogen and oxygen atoms in total. The summed E-state index contributed by atoms with van der Waals surface area (Å²) in [6, 6.07) is 0. The maximum atomic E-state index is 6.25. The molecule has 0 saturated carbocycles. The normalized spacial score (nSPS) is 6.88. The molecule has 0 radical (unpaired) electrons. The first kappa shape index (κ1) is 6.70. The zero-order valence-electron chi connectivity index (χ0n) is 4.60. The summed E-state index contributed by atoms with van der Waals surface area (Å²) < 4.78 is 0. The highest BCUT2D eigenvalue weighted by atomic mass is 14.9. The second kappa shape index (κ2) is 3.88. The molecule has 0 aliphatic rings. The van der Waals surface area contributed by atoms with Crippen molar-refractivity contribution in [1.29, 1.82) is 5.26 Å². The third-order valence-corrected chi connectivity index (χ3v) is 0.683. The molecule has 0 amide bonds. The van der Waals surface area contributed by atoms with Gasteiger partial charge >= 0.3 is 0 Å². The molecule has 1 aromatic heterocycles. The fourth-order valence-corrected chi connectivity index (χ4v) is 0.375. The van der Waals surface area contributed by atoms with Gasteiger partial charge in [0.1, 0.15) is 12.4 Å². The molecule has 0 aliphatic carbocycles. The first-order valence-electron chi connectivity index (χ1n) is 2.13. The second-order valence-electron chi connectivity index (χ2n) is 1.25. The smallest absolute Gasteiger partial charge is 0.248 e. The number of aromatic nitrogens is 2. The molecule has 0 aliphatic heterocycles. The zero-order chi connectivity index (χ0) is 6.41. The maximum absolute atomic E-state index is 6.25. The minimum atomic E-state index is 1.09. The van der Waals surface area contributed by atoms with Gasteiger partial charge in [-0.3, -0.25) is 0 Å². The van der Waals surface area contributed by atoms with Gasteiger partial charge in [0, 0.05) is 6.92 Å². The Morgan fingerprint density at radius 1 is 1.75 bits per heavy atom. The van der Waals surface area contributed by atoms with Crippen LogP contribution in [0.15, 0.2) is 12.4 Å². The Hall–Kier alpha value is -1.30. The number of imidazole rings is 1. The topological polar surface area (TPSA) is 53.7 Å². The highest BCUT2D eigenvalue weighted by Crippen LogP contribution is 1.70. The van der Waals surface area contributed by atoms with E-state index in [0.717, 1.165) is 5.82 Å². The van der Waals surface area contributed by atoms with Crippen molar-refractivity contribution in [2.75, 3.05) is 0 Å². The van der Waals surface area contributed by atoms with Crippen LogP contribution in [0.1, 0.15) is 5.82 Å². The van der Waals surface area contributed by atoms with E-state index >= 15 is 0 Å². The number of nitrogens with zero attached hydrogens (tertiary/aromatic N) is 1. The standard InChI is InChI=1S/C4H6N2.CN/c1-4-5-2-3-6-4;1-2/h2-3H,1H3,(H,5,6);/q;-1/p+1. The monoisotopic (exact) mass is 109 g/mol. The van der Waals surface area contributed by atoms with Crippen LogP contribution in [0.3, 0.4) is 0 Å². The van der Waals surface area contributed by atoms with Gasteiger partial charge in [-0.1, -0.05) is 0 Å². The van der Waals surface area contributed by atoms with E-state index in [1.807, 2.05) is 19.3 Å². The molecule has 1 rings (SSSR count). The number of nitrogens with one attached hydrogen (secondary N) is 2. The molecule has 0 bridgehead atoms. The molecule has 42 valence electrons. The molecular weight excluding hydrogens is 102 g/mol. The van der Waals surface area contributed by atoms with Crippen LogP contribution in [-0.2, 0) is 0 Å². The largest absolute Gasteiger partial charge is 0.512 e. The molecule has 8 heavy (non-hydrogen) atoms. The second-order valence-corrected chi connectivity index (χ2v) is 1.25. The van der Waals surface area contributed by atoms with Crippen molar-refractivity contribution in [3.63, 3.8) is 0 Å². The SMILES string of the molecule is Cc1[nH]cc[nH+]1.[C-]#N. The van der Waals surface area contributed by atoms with Crippen molar-refractivity contribution >= 4 is 0 Å². The van der Waals surface area contributed by atoms with E-state index in [-0.39, 0.29) is 0 Å². The highest BCUT2D eigenvalue weighted by molar-refractivity contribution is 4.67. The van der Waals surface area contributed by atoms with Gasteiger partial charge in [0.05, 0.1) is 0 Å². The summed E-state index contributed by atoms with van der Waals surface area (Å²) in [5.41, 5.74) is 0. The van der Waals surface area contributed by atoms with Crippen LogP contribution in [-0.4, -0.2) is 4.98 Å². The molecule has 0 unspecified atom stereocenters. The lowest BCUT2D eigenvalue weighted by molar-refractivity contribution is -0.385. The van der Waals surface area contributed by atoms with Crippen molar-refractivity contribution in [3.8, 4) is 0 Å². The number of hydrogen-bond acceptors (Lipinski definition) is 1. The van der Waals surface area contributed by atoms with E-state index in [0.29, 0.717) is 0 Å². The Bertz CT molecular complexity index is 140. The van der Waals surface area contributed by atoms with E-state index in [4.69, 9.17) is 11.8 Å². The van der Waals surface area contributed by atoms with Crippen molar-refractivity contribution in [1.82, 2.24) is 4.98 Å². The molecule has 0 aromatic carbocycles. The summed E-state index contributed by atoms with van der Waals surface area (Å²) in [7, 11) is 0. The third-order valence-electron chi connectivity index (χ3n) is 0.683. The Kier molecular flexibility index (Phi) is 3.25. The summed E-state index contributed by atoms with van der Waals surface area (Å²) >= 11 is 0. The Morgan fingerprint density at radius 2 is 2.38 bits per heavy atom. The Morgan fingerprint density at radius 3 is 2.50 bits per heavy atom. The number of aromatic amines is 2. The van der Waals surface area contributed by atoms with Gasteiger partial charge in [-0.25, -0.2) is 9.97 Å². The molecule has 3 heteroatoms. The average Bonchev–Trinajstić information content (AvgIpc) is 2.24. The van der Waals surface area contributed by atoms with Gasteiger partial charge < -0.3 is 11.8 Å². The van der Waals surface area contributed by atoms with Gasteiger partial charge in [-0.2, -0.15) is 0 Å². The lowest BCUT2D eigenvalue weighted by Crippen LogP contribution is -1.98. The fraction of sp³-hybridized carbons (Fsp3) is 0.200. The Balaban J connectivity index is 0.000000222. The first-order chi connectivity index (χ1) is 3.89. The first-order valence-corrected chi connectivity index (χ1v) is 2.13. The molecule has 1 heterocycles. The number of rotatable bonds is 0. The zero-order valence-corrected chi connectivity index (χ0v) is 4.60. The van der Waals surface area contributed by atoms with Crippen LogP contribution < -0.4 is 4.98 Å². The summed E-state index contributed by atoms with van der Waals surface area (Å²) in [5.74, 6) is 1.09. The fourth-order valence-electron chi connectivity index (χ4n) is 0.375. The predicted molar refractivity (Wildman–Crippen MR) is 27.1 cm³/mol. The lowest BCUT2D eigenvalue weighted by atomic mass is 10.8. The molecule has 0 spiro atoms. The van der Waals surface area contributed by atoms with Gasteiger partial charge in [-0.15, -0.1) is 0 Å². The molecule has 0 fully saturated rings. The van der Waals surface area contributed by atoms with Crippen molar-refractivity contribution < 1.29 is 4.98 Å². The van der Waals surface area contributed by atoms with Gasteiger partial charge in [-0.05, 0) is 0 Å². The number of H-pyrrole nitrogens is 2. The molecule has 2 N–H and O–H groups in total. The van der Waals surface area contributed by atoms with E-state index in [2.05, 4.69) is 9.97 Å². The summed E-state index contributed by atoms with van der Waals surface area (Å²) in [5, 5.41) is 6.25. The van der Waals surface area contributed by atoms with Crippen LogP contribution >= 0.6 is 0 Å². The van der Waals surface area contributed by atoms with E-state index in [1.54, 1.807) is 0 Å². The maximum Gasteiger partial charge on any atom is 0.248 e. The third kappa shape index (κ3) is 1.98. The minimum absolute atomic E-state index is 1.09. The minimum Gasteiger partial charge on any atom is -0.512 e. The summed E-state index contributed by atoms with van der Waals surface area (Å²) in [6.07, 6.45) is 3.71. The number of hydrogen-bond donors (Lipinski definition) is 1. The van der Waals surface area contributed by atoms with Gasteiger partial charge in [0.25, 0.3) is 0 Å². The van der Waals surface area contributed by atoms with Crippen LogP contribution in [0.25, 0.3) is 0 Å². The Labute approximate surface area is 48.0 Å².